The van der Waals surface area contributed by atoms with Gasteiger partial charge in [0.1, 0.15) is 0 Å². The molecule has 0 N–H and O–H groups in total. The molecule has 0 aliphatic carbocycles. The Hall–Kier alpha value is -1.19. The van der Waals surface area contributed by atoms with E-state index in [1.807, 2.05) is 44.7 Å². The minimum absolute atomic E-state index is 0.476. The first-order valence-electron chi connectivity index (χ1n) is 5.63. The Bertz CT molecular complexity index is 537. The largest absolute Gasteiger partial charge is 0.370 e. The Balaban J connectivity index is 2.22. The highest BCUT2D eigenvalue weighted by atomic mass is 35.5. The van der Waals surface area contributed by atoms with E-state index in [4.69, 9.17) is 23.2 Å². The third-order valence-electron chi connectivity index (χ3n) is 2.78. The lowest BCUT2D eigenvalue weighted by Gasteiger charge is -2.21. The topological polar surface area (TPSA) is 21.1 Å². The smallest absolute Gasteiger partial charge is 0.0539 e. The molecular formula is C13H15Cl2N3. The van der Waals surface area contributed by atoms with Crippen molar-refractivity contribution in [3.8, 4) is 0 Å². The minimum Gasteiger partial charge on any atom is -0.370 e. The van der Waals surface area contributed by atoms with Crippen LogP contribution in [0.3, 0.4) is 0 Å². The van der Waals surface area contributed by atoms with Gasteiger partial charge in [0.15, 0.2) is 0 Å². The van der Waals surface area contributed by atoms with Gasteiger partial charge >= 0.3 is 0 Å². The van der Waals surface area contributed by atoms with Crippen LogP contribution in [0.1, 0.15) is 11.1 Å². The number of hydrogen-bond acceptors (Lipinski definition) is 2. The summed E-state index contributed by atoms with van der Waals surface area (Å²) in [4.78, 5) is 2.13. The SMILES string of the molecule is CN(Cc1cnn(C)c1)c1cc(Cl)ccc1CCl. The molecule has 0 atom stereocenters. The van der Waals surface area contributed by atoms with E-state index >= 15 is 0 Å². The zero-order chi connectivity index (χ0) is 13.1. The average molecular weight is 284 g/mol. The van der Waals surface area contributed by atoms with Crippen LogP contribution in [-0.2, 0) is 19.5 Å². The predicted molar refractivity (Wildman–Crippen MR) is 76.3 cm³/mol. The molecule has 0 unspecified atom stereocenters. The first-order chi connectivity index (χ1) is 8.60. The Morgan fingerprint density at radius 3 is 2.78 bits per heavy atom. The molecule has 0 saturated heterocycles. The van der Waals surface area contributed by atoms with Gasteiger partial charge in [-0.15, -0.1) is 11.6 Å². The van der Waals surface area contributed by atoms with Crippen molar-refractivity contribution < 1.29 is 0 Å². The van der Waals surface area contributed by atoms with Gasteiger partial charge in [0.25, 0.3) is 0 Å². The highest BCUT2D eigenvalue weighted by molar-refractivity contribution is 6.31. The van der Waals surface area contributed by atoms with E-state index in [0.29, 0.717) is 5.88 Å². The molecule has 96 valence electrons. The van der Waals surface area contributed by atoms with E-state index in [1.165, 1.54) is 0 Å². The zero-order valence-corrected chi connectivity index (χ0v) is 11.9. The fourth-order valence-corrected chi connectivity index (χ4v) is 2.31. The number of anilines is 1. The summed E-state index contributed by atoms with van der Waals surface area (Å²) in [5, 5.41) is 4.88. The highest BCUT2D eigenvalue weighted by Gasteiger charge is 2.09. The van der Waals surface area contributed by atoms with Crippen LogP contribution in [0.4, 0.5) is 5.69 Å². The molecule has 3 nitrogen and oxygen atoms in total. The van der Waals surface area contributed by atoms with Gasteiger partial charge < -0.3 is 4.90 Å². The van der Waals surface area contributed by atoms with Crippen LogP contribution in [0.25, 0.3) is 0 Å². The molecule has 0 amide bonds. The van der Waals surface area contributed by atoms with E-state index in [0.717, 1.165) is 28.4 Å². The van der Waals surface area contributed by atoms with Crippen LogP contribution in [-0.4, -0.2) is 16.8 Å². The van der Waals surface area contributed by atoms with Gasteiger partial charge in [-0.3, -0.25) is 4.68 Å². The molecule has 0 fully saturated rings. The minimum atomic E-state index is 0.476. The number of nitrogens with zero attached hydrogens (tertiary/aromatic N) is 3. The monoisotopic (exact) mass is 283 g/mol. The Morgan fingerprint density at radius 1 is 1.39 bits per heavy atom. The molecule has 0 spiro atoms. The van der Waals surface area contributed by atoms with Crippen molar-refractivity contribution in [1.29, 1.82) is 0 Å². The van der Waals surface area contributed by atoms with Crippen LogP contribution in [0.2, 0.25) is 5.02 Å². The van der Waals surface area contributed by atoms with Crippen LogP contribution in [0.5, 0.6) is 0 Å². The summed E-state index contributed by atoms with van der Waals surface area (Å²) in [5.74, 6) is 0.476. The zero-order valence-electron chi connectivity index (χ0n) is 10.4. The molecule has 18 heavy (non-hydrogen) atoms. The second kappa shape index (κ2) is 5.63. The third-order valence-corrected chi connectivity index (χ3v) is 3.30. The number of aryl methyl sites for hydroxylation is 1. The van der Waals surface area contributed by atoms with Crippen LogP contribution in [0.15, 0.2) is 30.6 Å². The van der Waals surface area contributed by atoms with Crippen molar-refractivity contribution in [1.82, 2.24) is 9.78 Å². The van der Waals surface area contributed by atoms with Gasteiger partial charge in [0.2, 0.25) is 0 Å². The van der Waals surface area contributed by atoms with Gasteiger partial charge in [0, 0.05) is 49.0 Å². The fourth-order valence-electron chi connectivity index (χ4n) is 1.92. The molecular weight excluding hydrogens is 269 g/mol. The predicted octanol–water partition coefficient (Wildman–Crippen LogP) is 3.45. The molecule has 0 aliphatic heterocycles. The van der Waals surface area contributed by atoms with Crippen molar-refractivity contribution >= 4 is 28.9 Å². The van der Waals surface area contributed by atoms with E-state index in [1.54, 1.807) is 4.68 Å². The summed E-state index contributed by atoms with van der Waals surface area (Å²) in [6, 6.07) is 5.76. The number of hydrogen-bond donors (Lipinski definition) is 0. The van der Waals surface area contributed by atoms with Crippen molar-refractivity contribution in [3.05, 3.63) is 46.7 Å². The maximum absolute atomic E-state index is 6.04. The maximum Gasteiger partial charge on any atom is 0.0539 e. The maximum atomic E-state index is 6.04. The van der Waals surface area contributed by atoms with Gasteiger partial charge in [-0.25, -0.2) is 0 Å². The second-order valence-corrected chi connectivity index (χ2v) is 4.99. The quantitative estimate of drug-likeness (QED) is 0.802. The average Bonchev–Trinajstić information content (AvgIpc) is 2.74. The molecule has 0 bridgehead atoms. The molecule has 0 radical (unpaired) electrons. The summed E-state index contributed by atoms with van der Waals surface area (Å²) in [5.41, 5.74) is 3.29. The third kappa shape index (κ3) is 2.98. The first-order valence-corrected chi connectivity index (χ1v) is 6.54. The molecule has 5 heteroatoms. The lowest BCUT2D eigenvalue weighted by molar-refractivity contribution is 0.766. The van der Waals surface area contributed by atoms with Crippen molar-refractivity contribution in [2.45, 2.75) is 12.4 Å². The van der Waals surface area contributed by atoms with Crippen molar-refractivity contribution in [3.63, 3.8) is 0 Å². The summed E-state index contributed by atoms with van der Waals surface area (Å²) in [6.07, 6.45) is 3.86. The van der Waals surface area contributed by atoms with Gasteiger partial charge in [-0.1, -0.05) is 17.7 Å². The second-order valence-electron chi connectivity index (χ2n) is 4.28. The van der Waals surface area contributed by atoms with Crippen LogP contribution < -0.4 is 4.90 Å². The van der Waals surface area contributed by atoms with Crippen molar-refractivity contribution in [2.24, 2.45) is 7.05 Å². The normalized spacial score (nSPS) is 10.7. The Labute approximate surface area is 117 Å². The number of alkyl halides is 1. The molecule has 1 aromatic carbocycles. The van der Waals surface area contributed by atoms with Crippen molar-refractivity contribution in [2.75, 3.05) is 11.9 Å². The Kier molecular flexibility index (Phi) is 4.15. The fraction of sp³-hybridized carbons (Fsp3) is 0.308. The van der Waals surface area contributed by atoms with Gasteiger partial charge in [-0.05, 0) is 17.7 Å². The van der Waals surface area contributed by atoms with E-state index < -0.39 is 0 Å². The highest BCUT2D eigenvalue weighted by Crippen LogP contribution is 2.26. The number of benzene rings is 1. The van der Waals surface area contributed by atoms with Crippen LogP contribution in [0, 0.1) is 0 Å². The first kappa shape index (κ1) is 13.2. The van der Waals surface area contributed by atoms with E-state index in [2.05, 4.69) is 10.00 Å². The molecule has 1 heterocycles. The summed E-state index contributed by atoms with van der Waals surface area (Å²) >= 11 is 12.0. The van der Waals surface area contributed by atoms with E-state index in [9.17, 15) is 0 Å². The number of halogens is 2. The summed E-state index contributed by atoms with van der Waals surface area (Å²) in [6.45, 7) is 0.776. The van der Waals surface area contributed by atoms with Crippen LogP contribution >= 0.6 is 23.2 Å². The standard InChI is InChI=1S/C13H15Cl2N3/c1-17(8-10-7-16-18(2)9-10)13-5-12(15)4-3-11(13)6-14/h3-5,7,9H,6,8H2,1-2H3. The lowest BCUT2D eigenvalue weighted by atomic mass is 10.1. The Morgan fingerprint density at radius 2 is 2.17 bits per heavy atom. The van der Waals surface area contributed by atoms with Gasteiger partial charge in [0.05, 0.1) is 6.20 Å². The molecule has 0 saturated carbocycles. The molecule has 0 aliphatic rings. The number of rotatable bonds is 4. The lowest BCUT2D eigenvalue weighted by Crippen LogP contribution is -2.17. The summed E-state index contributed by atoms with van der Waals surface area (Å²) in [7, 11) is 3.93. The molecule has 2 aromatic rings. The van der Waals surface area contributed by atoms with Gasteiger partial charge in [-0.2, -0.15) is 5.10 Å². The molecule has 2 rings (SSSR count). The molecule has 1 aromatic heterocycles. The summed E-state index contributed by atoms with van der Waals surface area (Å²) < 4.78 is 1.80. The number of aromatic nitrogens is 2. The van der Waals surface area contributed by atoms with E-state index in [-0.39, 0.29) is 0 Å².